The number of nitrogens with zero attached hydrogens (tertiary/aromatic N) is 10. The van der Waals surface area contributed by atoms with Gasteiger partial charge >= 0.3 is 0 Å². The molecule has 5 aliphatic heterocycles. The Morgan fingerprint density at radius 2 is 0.613 bits per heavy atom. The largest absolute Gasteiger partial charge is 0.399 e. The van der Waals surface area contributed by atoms with Gasteiger partial charge in [0.2, 0.25) is 0 Å². The van der Waals surface area contributed by atoms with Crippen LogP contribution in [-0.4, -0.2) is 124 Å². The molecule has 0 spiro atoms. The van der Waals surface area contributed by atoms with E-state index >= 15 is 0 Å². The van der Waals surface area contributed by atoms with E-state index in [1.807, 2.05) is 84.9 Å². The van der Waals surface area contributed by atoms with Crippen LogP contribution in [0.1, 0.15) is 67.2 Å². The van der Waals surface area contributed by atoms with Crippen molar-refractivity contribution in [3.63, 3.8) is 0 Å². The maximum atomic E-state index is 5.92. The highest BCUT2D eigenvalue weighted by atomic mass is 15.3. The Hall–Kier alpha value is -9.26. The predicted molar refractivity (Wildman–Crippen MR) is 395 cm³/mol. The van der Waals surface area contributed by atoms with Crippen molar-refractivity contribution in [2.24, 2.45) is 11.8 Å². The number of pyridine rings is 2. The Labute approximate surface area is 553 Å². The summed E-state index contributed by atoms with van der Waals surface area (Å²) < 4.78 is 0. The number of nitrogens with two attached hydrogens (primary N) is 8. The van der Waals surface area contributed by atoms with E-state index in [4.69, 9.17) is 45.9 Å². The van der Waals surface area contributed by atoms with Gasteiger partial charge in [-0.3, -0.25) is 9.80 Å². The number of benzene rings is 6. The third-order valence-corrected chi connectivity index (χ3v) is 19.1. The van der Waals surface area contributed by atoms with Gasteiger partial charge < -0.3 is 75.3 Å². The standard InChI is InChI=1S/C27H40N4.C18H24N4.C16H20N4.C14H18N6/c1-20-18-24(28)6-8-26(20)30-14-10-22(11-15-30)4-3-5-23-12-16-31(17-13-23)27-9-7-25(29)19-21(27)2;19-17-5-1-15(2-6-17)13-21-9-11-22(12-10-21)14-16-3-7-18(20)8-4-16;17-13-1-5-15(6-2-13)19-9-11-20(12-10-19)16-7-3-14(18)4-8-16;15-11-1-3-13(17-9-11)19-5-7-20(8-6-19)14-4-2-12(16)10-18-14/h6-9,18-19,22-23H,3-5,10-17,28-29H2,1-2H3;1-8H,9-14,19-20H2;1-8H,9-12,17-18H2;1-4,9-10H,5-8,15-16H2. The van der Waals surface area contributed by atoms with E-state index in [0.717, 1.165) is 149 Å². The quantitative estimate of drug-likeness (QED) is 0.0471. The minimum absolute atomic E-state index is 0.693. The monoisotopic (exact) mass is 1250 g/mol. The number of anilines is 14. The highest BCUT2D eigenvalue weighted by molar-refractivity contribution is 5.61. The molecule has 0 unspecified atom stereocenters. The molecule has 18 nitrogen and oxygen atoms in total. The van der Waals surface area contributed by atoms with Crippen molar-refractivity contribution < 1.29 is 0 Å². The number of nitrogen functional groups attached to an aromatic ring is 8. The second kappa shape index (κ2) is 32.8. The van der Waals surface area contributed by atoms with Gasteiger partial charge in [0.1, 0.15) is 11.6 Å². The Balaban J connectivity index is 0.000000138. The summed E-state index contributed by atoms with van der Waals surface area (Å²) in [5, 5.41) is 0. The first-order valence-electron chi connectivity index (χ1n) is 33.6. The average Bonchev–Trinajstić information content (AvgIpc) is 1.67. The van der Waals surface area contributed by atoms with Gasteiger partial charge in [-0.1, -0.05) is 43.5 Å². The molecular weight excluding hydrogens is 1150 g/mol. The van der Waals surface area contributed by atoms with Crippen LogP contribution in [0, 0.1) is 25.7 Å². The summed E-state index contributed by atoms with van der Waals surface area (Å²) in [7, 11) is 0. The van der Waals surface area contributed by atoms with Crippen molar-refractivity contribution in [1.29, 1.82) is 0 Å². The van der Waals surface area contributed by atoms with Crippen molar-refractivity contribution in [3.05, 3.63) is 192 Å². The van der Waals surface area contributed by atoms with Gasteiger partial charge in [-0.2, -0.15) is 0 Å². The Morgan fingerprint density at radius 1 is 0.312 bits per heavy atom. The normalized spacial score (nSPS) is 16.8. The third-order valence-electron chi connectivity index (χ3n) is 19.1. The number of hydrogen-bond acceptors (Lipinski definition) is 18. The molecule has 5 fully saturated rings. The van der Waals surface area contributed by atoms with E-state index in [0.29, 0.717) is 11.4 Å². The van der Waals surface area contributed by atoms with Crippen molar-refractivity contribution in [2.75, 3.05) is 180 Å². The van der Waals surface area contributed by atoms with Gasteiger partial charge in [-0.25, -0.2) is 9.97 Å². The summed E-state index contributed by atoms with van der Waals surface area (Å²) in [4.78, 5) is 28.2. The van der Waals surface area contributed by atoms with Crippen LogP contribution in [0.5, 0.6) is 0 Å². The molecule has 0 bridgehead atoms. The highest BCUT2D eigenvalue weighted by Gasteiger charge is 2.25. The van der Waals surface area contributed by atoms with Crippen molar-refractivity contribution in [2.45, 2.75) is 71.9 Å². The summed E-state index contributed by atoms with van der Waals surface area (Å²) in [6.45, 7) is 23.3. The molecule has 93 heavy (non-hydrogen) atoms. The van der Waals surface area contributed by atoms with E-state index in [1.54, 1.807) is 12.4 Å². The van der Waals surface area contributed by atoms with Crippen LogP contribution in [0.3, 0.4) is 0 Å². The number of piperazine rings is 3. The van der Waals surface area contributed by atoms with Crippen molar-refractivity contribution in [1.82, 2.24) is 19.8 Å². The summed E-state index contributed by atoms with van der Waals surface area (Å²) in [5.41, 5.74) is 63.0. The van der Waals surface area contributed by atoms with Crippen LogP contribution in [-0.2, 0) is 13.1 Å². The second-order valence-electron chi connectivity index (χ2n) is 25.9. The molecule has 0 amide bonds. The van der Waals surface area contributed by atoms with Crippen molar-refractivity contribution in [3.8, 4) is 0 Å². The van der Waals surface area contributed by atoms with Gasteiger partial charge in [0.05, 0.1) is 23.8 Å². The summed E-state index contributed by atoms with van der Waals surface area (Å²) in [6, 6.07) is 53.0. The van der Waals surface area contributed by atoms with E-state index < -0.39 is 0 Å². The van der Waals surface area contributed by atoms with Crippen LogP contribution in [0.15, 0.2) is 170 Å². The number of aromatic nitrogens is 2. The minimum Gasteiger partial charge on any atom is -0.399 e. The molecule has 6 aromatic carbocycles. The molecular formula is C75H102N18. The Bertz CT molecular complexity index is 3150. The van der Waals surface area contributed by atoms with Gasteiger partial charge in [0, 0.05) is 175 Å². The first-order chi connectivity index (χ1) is 45.1. The predicted octanol–water partition coefficient (Wildman–Crippen LogP) is 11.1. The zero-order chi connectivity index (χ0) is 65.1. The van der Waals surface area contributed by atoms with Crippen LogP contribution in [0.4, 0.5) is 79.9 Å². The fourth-order valence-electron chi connectivity index (χ4n) is 13.5. The molecule has 8 aromatic rings. The zero-order valence-electron chi connectivity index (χ0n) is 55.1. The first kappa shape index (κ1) is 66.7. The SMILES string of the molecule is Cc1cc(N)ccc1N1CCC(CCCC2CCN(c3ccc(N)cc3C)CC2)CC1.Nc1ccc(CN2CCN(Cc3ccc(N)cc3)CC2)cc1.Nc1ccc(N2CCN(c3ccc(N)cc3)CC2)cc1.Nc1ccc(N2CCN(c3ccc(N)cn3)CC2)nc1. The van der Waals surface area contributed by atoms with E-state index in [9.17, 15) is 0 Å². The number of rotatable bonds is 14. The molecule has 18 heteroatoms. The summed E-state index contributed by atoms with van der Waals surface area (Å²) >= 11 is 0. The Morgan fingerprint density at radius 3 is 0.925 bits per heavy atom. The fourth-order valence-corrected chi connectivity index (χ4v) is 13.5. The summed E-state index contributed by atoms with van der Waals surface area (Å²) in [6.07, 6.45) is 12.9. The van der Waals surface area contributed by atoms with E-state index in [2.05, 4.69) is 136 Å². The highest BCUT2D eigenvalue weighted by Crippen LogP contribution is 2.33. The lowest BCUT2D eigenvalue weighted by atomic mass is 9.86. The molecule has 0 saturated carbocycles. The van der Waals surface area contributed by atoms with Gasteiger partial charge in [0.25, 0.3) is 0 Å². The number of piperidine rings is 2. The van der Waals surface area contributed by atoms with Crippen LogP contribution in [0.2, 0.25) is 0 Å². The smallest absolute Gasteiger partial charge is 0.128 e. The fraction of sp³-hybridized carbons (Fsp3) is 0.387. The minimum atomic E-state index is 0.693. The molecule has 5 aliphatic rings. The van der Waals surface area contributed by atoms with E-state index in [1.165, 1.54) is 116 Å². The molecule has 0 radical (unpaired) electrons. The van der Waals surface area contributed by atoms with Gasteiger partial charge in [0.15, 0.2) is 0 Å². The van der Waals surface area contributed by atoms with Crippen LogP contribution in [0.25, 0.3) is 0 Å². The lowest BCUT2D eigenvalue weighted by Crippen LogP contribution is -2.47. The summed E-state index contributed by atoms with van der Waals surface area (Å²) in [5.74, 6) is 3.76. The third kappa shape index (κ3) is 19.9. The number of hydrogen-bond donors (Lipinski definition) is 8. The second-order valence-corrected chi connectivity index (χ2v) is 25.9. The topological polar surface area (TPSA) is 260 Å². The molecule has 0 aliphatic carbocycles. The lowest BCUT2D eigenvalue weighted by molar-refractivity contribution is 0.122. The van der Waals surface area contributed by atoms with Crippen molar-refractivity contribution >= 4 is 79.9 Å². The maximum Gasteiger partial charge on any atom is 0.128 e. The molecule has 16 N–H and O–H groups in total. The molecule has 2 aromatic heterocycles. The van der Waals surface area contributed by atoms with Gasteiger partial charge in [-0.15, -0.1) is 0 Å². The average molecular weight is 1260 g/mol. The molecule has 7 heterocycles. The first-order valence-corrected chi connectivity index (χ1v) is 33.6. The lowest BCUT2D eigenvalue weighted by Gasteiger charge is -2.37. The zero-order valence-corrected chi connectivity index (χ0v) is 55.1. The molecule has 5 saturated heterocycles. The maximum absolute atomic E-state index is 5.92. The Kier molecular flexibility index (Phi) is 23.5. The van der Waals surface area contributed by atoms with Crippen LogP contribution < -0.4 is 75.3 Å². The molecule has 13 rings (SSSR count). The van der Waals surface area contributed by atoms with Gasteiger partial charge in [-0.05, 0) is 207 Å². The van der Waals surface area contributed by atoms with Crippen LogP contribution >= 0.6 is 0 Å². The van der Waals surface area contributed by atoms with E-state index in [-0.39, 0.29) is 0 Å². The molecule has 492 valence electrons. The molecule has 0 atom stereocenters. The number of aryl methyl sites for hydroxylation is 2.